The molecule has 96 valence electrons. The van der Waals surface area contributed by atoms with Crippen LogP contribution in [0, 0.1) is 0 Å². The van der Waals surface area contributed by atoms with E-state index in [0.717, 1.165) is 17.1 Å². The summed E-state index contributed by atoms with van der Waals surface area (Å²) in [5.41, 5.74) is 0.887. The third-order valence-electron chi connectivity index (χ3n) is 2.46. The number of nitrogens with zero attached hydrogens (tertiary/aromatic N) is 1. The Kier molecular flexibility index (Phi) is 4.87. The van der Waals surface area contributed by atoms with Gasteiger partial charge in [0.05, 0.1) is 16.6 Å². The van der Waals surface area contributed by atoms with Crippen LogP contribution in [0.15, 0.2) is 29.6 Å². The molecule has 0 spiro atoms. The molecule has 2 aromatic rings. The molecule has 0 aliphatic rings. The van der Waals surface area contributed by atoms with E-state index >= 15 is 0 Å². The van der Waals surface area contributed by atoms with Gasteiger partial charge in [0.2, 0.25) is 0 Å². The predicted octanol–water partition coefficient (Wildman–Crippen LogP) is 5.07. The lowest BCUT2D eigenvalue weighted by atomic mass is 10.3. The smallest absolute Gasteiger partial charge is 0.150 e. The number of thiazole rings is 1. The van der Waals surface area contributed by atoms with Crippen LogP contribution < -0.4 is 4.74 Å². The quantitative estimate of drug-likeness (QED) is 0.720. The highest BCUT2D eigenvalue weighted by molar-refractivity contribution is 7.09. The molecule has 0 N–H and O–H groups in total. The molecule has 1 unspecified atom stereocenters. The van der Waals surface area contributed by atoms with Gasteiger partial charge in [-0.05, 0) is 18.6 Å². The van der Waals surface area contributed by atoms with Crippen LogP contribution in [-0.2, 0) is 5.88 Å². The van der Waals surface area contributed by atoms with Crippen molar-refractivity contribution in [1.29, 1.82) is 0 Å². The third kappa shape index (κ3) is 3.16. The Hall–Kier alpha value is -0.770. The lowest BCUT2D eigenvalue weighted by molar-refractivity contribution is 0.201. The number of rotatable bonds is 5. The fourth-order valence-electron chi connectivity index (χ4n) is 1.53. The monoisotopic (exact) mass is 301 g/mol. The fraction of sp³-hybridized carbons (Fsp3) is 0.308. The molecule has 18 heavy (non-hydrogen) atoms. The second-order valence-electron chi connectivity index (χ2n) is 3.76. The summed E-state index contributed by atoms with van der Waals surface area (Å²) in [5.74, 6) is 1.12. The number of hydrogen-bond donors (Lipinski definition) is 0. The number of ether oxygens (including phenoxy) is 1. The van der Waals surface area contributed by atoms with E-state index in [0.29, 0.717) is 16.7 Å². The number of para-hydroxylation sites is 1. The highest BCUT2D eigenvalue weighted by Crippen LogP contribution is 2.31. The van der Waals surface area contributed by atoms with Crippen LogP contribution in [0.5, 0.6) is 5.75 Å². The lowest BCUT2D eigenvalue weighted by Gasteiger charge is -2.16. The van der Waals surface area contributed by atoms with Gasteiger partial charge in [-0.25, -0.2) is 4.98 Å². The summed E-state index contributed by atoms with van der Waals surface area (Å²) in [7, 11) is 0. The highest BCUT2D eigenvalue weighted by Gasteiger charge is 2.16. The topological polar surface area (TPSA) is 22.1 Å². The third-order valence-corrected chi connectivity index (χ3v) is 4.03. The summed E-state index contributed by atoms with van der Waals surface area (Å²) < 4.78 is 5.91. The standard InChI is InChI=1S/C13H13Cl2NOS/c1-2-11(13-16-9(7-14)8-18-13)17-12-6-4-3-5-10(12)15/h3-6,8,11H,2,7H2,1H3. The van der Waals surface area contributed by atoms with Gasteiger partial charge in [0.1, 0.15) is 16.9 Å². The molecule has 5 heteroatoms. The van der Waals surface area contributed by atoms with Gasteiger partial charge in [0, 0.05) is 5.38 Å². The van der Waals surface area contributed by atoms with E-state index < -0.39 is 0 Å². The molecule has 2 rings (SSSR count). The van der Waals surface area contributed by atoms with Crippen molar-refractivity contribution in [2.45, 2.75) is 25.3 Å². The van der Waals surface area contributed by atoms with Crippen LogP contribution in [0.25, 0.3) is 0 Å². The molecule has 0 saturated carbocycles. The Labute approximate surface area is 121 Å². The molecule has 1 atom stereocenters. The van der Waals surface area contributed by atoms with Crippen molar-refractivity contribution in [1.82, 2.24) is 4.98 Å². The molecule has 1 aromatic heterocycles. The van der Waals surface area contributed by atoms with E-state index in [-0.39, 0.29) is 6.10 Å². The minimum atomic E-state index is -0.0770. The zero-order chi connectivity index (χ0) is 13.0. The van der Waals surface area contributed by atoms with Gasteiger partial charge in [-0.2, -0.15) is 0 Å². The zero-order valence-corrected chi connectivity index (χ0v) is 12.2. The molecule has 0 amide bonds. The molecule has 1 heterocycles. The van der Waals surface area contributed by atoms with Crippen molar-refractivity contribution in [3.05, 3.63) is 45.4 Å². The van der Waals surface area contributed by atoms with Gasteiger partial charge in [-0.15, -0.1) is 22.9 Å². The van der Waals surface area contributed by atoms with E-state index in [2.05, 4.69) is 11.9 Å². The van der Waals surface area contributed by atoms with Crippen LogP contribution in [0.1, 0.15) is 30.2 Å². The van der Waals surface area contributed by atoms with Crippen molar-refractivity contribution < 1.29 is 4.74 Å². The first-order chi connectivity index (χ1) is 8.74. The largest absolute Gasteiger partial charge is 0.482 e. The maximum Gasteiger partial charge on any atom is 0.150 e. The van der Waals surface area contributed by atoms with Crippen molar-refractivity contribution in [2.75, 3.05) is 0 Å². The summed E-state index contributed by atoms with van der Waals surface area (Å²) >= 11 is 13.4. The van der Waals surface area contributed by atoms with Gasteiger partial charge in [0.25, 0.3) is 0 Å². The molecule has 0 aliphatic carbocycles. The Balaban J connectivity index is 2.17. The summed E-state index contributed by atoms with van der Waals surface area (Å²) in [6.45, 7) is 2.06. The summed E-state index contributed by atoms with van der Waals surface area (Å²) in [6, 6.07) is 7.46. The van der Waals surface area contributed by atoms with E-state index in [9.17, 15) is 0 Å². The van der Waals surface area contributed by atoms with Crippen LogP contribution in [0.4, 0.5) is 0 Å². The van der Waals surface area contributed by atoms with E-state index in [4.69, 9.17) is 27.9 Å². The number of benzene rings is 1. The summed E-state index contributed by atoms with van der Waals surface area (Å²) in [6.07, 6.45) is 0.757. The van der Waals surface area contributed by atoms with Crippen molar-refractivity contribution in [3.63, 3.8) is 0 Å². The van der Waals surface area contributed by atoms with E-state index in [1.807, 2.05) is 29.6 Å². The molecule has 1 aromatic carbocycles. The number of hydrogen-bond acceptors (Lipinski definition) is 3. The van der Waals surface area contributed by atoms with Gasteiger partial charge in [-0.3, -0.25) is 0 Å². The van der Waals surface area contributed by atoms with Gasteiger partial charge in [-0.1, -0.05) is 30.7 Å². The maximum absolute atomic E-state index is 6.08. The molecule has 2 nitrogen and oxygen atoms in total. The zero-order valence-electron chi connectivity index (χ0n) is 9.90. The van der Waals surface area contributed by atoms with Crippen LogP contribution in [0.2, 0.25) is 5.02 Å². The second-order valence-corrected chi connectivity index (χ2v) is 5.32. The Morgan fingerprint density at radius 1 is 1.39 bits per heavy atom. The Morgan fingerprint density at radius 3 is 2.78 bits per heavy atom. The van der Waals surface area contributed by atoms with Crippen molar-refractivity contribution >= 4 is 34.5 Å². The molecule has 0 bridgehead atoms. The molecule has 0 fully saturated rings. The minimum absolute atomic E-state index is 0.0770. The normalized spacial score (nSPS) is 12.4. The van der Waals surface area contributed by atoms with E-state index in [1.54, 1.807) is 11.3 Å². The van der Waals surface area contributed by atoms with E-state index in [1.165, 1.54) is 0 Å². The first-order valence-electron chi connectivity index (χ1n) is 5.66. The fourth-order valence-corrected chi connectivity index (χ4v) is 2.87. The average Bonchev–Trinajstić information content (AvgIpc) is 2.86. The molecule has 0 aliphatic heterocycles. The Morgan fingerprint density at radius 2 is 2.17 bits per heavy atom. The molecule has 0 saturated heterocycles. The lowest BCUT2D eigenvalue weighted by Crippen LogP contribution is -2.06. The predicted molar refractivity (Wildman–Crippen MR) is 76.8 cm³/mol. The SMILES string of the molecule is CCC(Oc1ccccc1Cl)c1nc(CCl)cs1. The second kappa shape index (κ2) is 6.41. The minimum Gasteiger partial charge on any atom is -0.482 e. The number of aromatic nitrogens is 1. The summed E-state index contributed by atoms with van der Waals surface area (Å²) in [4.78, 5) is 4.44. The van der Waals surface area contributed by atoms with Crippen molar-refractivity contribution in [3.8, 4) is 5.75 Å². The first-order valence-corrected chi connectivity index (χ1v) is 7.45. The number of alkyl halides is 1. The van der Waals surface area contributed by atoms with Crippen molar-refractivity contribution in [2.24, 2.45) is 0 Å². The maximum atomic E-state index is 6.08. The van der Waals surface area contributed by atoms with Crippen LogP contribution >= 0.6 is 34.5 Å². The first kappa shape index (κ1) is 13.7. The van der Waals surface area contributed by atoms with Crippen LogP contribution in [0.3, 0.4) is 0 Å². The molecular weight excluding hydrogens is 289 g/mol. The summed E-state index contributed by atoms with van der Waals surface area (Å²) in [5, 5.41) is 3.51. The average molecular weight is 302 g/mol. The number of halogens is 2. The van der Waals surface area contributed by atoms with Gasteiger partial charge in [0.15, 0.2) is 0 Å². The van der Waals surface area contributed by atoms with Crippen LogP contribution in [-0.4, -0.2) is 4.98 Å². The van der Waals surface area contributed by atoms with Gasteiger partial charge < -0.3 is 4.74 Å². The highest BCUT2D eigenvalue weighted by atomic mass is 35.5. The molecule has 0 radical (unpaired) electrons. The molecular formula is C13H13Cl2NOS. The van der Waals surface area contributed by atoms with Gasteiger partial charge >= 0.3 is 0 Å². The Bertz CT molecular complexity index is 515.